The minimum atomic E-state index is -0.553. The normalized spacial score (nSPS) is 12.1. The number of benzene rings is 1. The summed E-state index contributed by atoms with van der Waals surface area (Å²) in [6.07, 6.45) is 10.6. The van der Waals surface area contributed by atoms with Crippen LogP contribution in [0.2, 0.25) is 0 Å². The van der Waals surface area contributed by atoms with Crippen molar-refractivity contribution in [2.75, 3.05) is 0 Å². The Kier molecular flexibility index (Phi) is 4.70. The molecular formula is C22H19N5O2. The van der Waals surface area contributed by atoms with E-state index in [-0.39, 0.29) is 0 Å². The average molecular weight is 385 g/mol. The molecular weight excluding hydrogens is 366 g/mol. The molecule has 0 atom stereocenters. The van der Waals surface area contributed by atoms with Crippen molar-refractivity contribution >= 4 is 22.6 Å². The van der Waals surface area contributed by atoms with E-state index >= 15 is 0 Å². The Morgan fingerprint density at radius 2 is 2.03 bits per heavy atom. The van der Waals surface area contributed by atoms with Crippen molar-refractivity contribution in [3.63, 3.8) is 0 Å². The predicted octanol–water partition coefficient (Wildman–Crippen LogP) is 4.00. The molecule has 7 heteroatoms. The molecule has 0 unspecified atom stereocenters. The fourth-order valence-electron chi connectivity index (χ4n) is 3.11. The van der Waals surface area contributed by atoms with Gasteiger partial charge in [-0.3, -0.25) is 9.78 Å². The Morgan fingerprint density at radius 3 is 2.76 bits per heavy atom. The van der Waals surface area contributed by atoms with Crippen LogP contribution in [-0.4, -0.2) is 25.5 Å². The second-order valence-corrected chi connectivity index (χ2v) is 6.39. The number of nitrogens with zero attached hydrogens (tertiary/aromatic N) is 3. The van der Waals surface area contributed by atoms with Crippen LogP contribution < -0.4 is 10.5 Å². The van der Waals surface area contributed by atoms with Gasteiger partial charge >= 0.3 is 0 Å². The molecule has 0 radical (unpaired) electrons. The summed E-state index contributed by atoms with van der Waals surface area (Å²) in [5.74, 6) is 0.864. The van der Waals surface area contributed by atoms with E-state index in [9.17, 15) is 4.79 Å². The van der Waals surface area contributed by atoms with E-state index in [1.165, 1.54) is 0 Å². The second kappa shape index (κ2) is 7.47. The van der Waals surface area contributed by atoms with Gasteiger partial charge in [0, 0.05) is 11.8 Å². The van der Waals surface area contributed by atoms with E-state index in [1.54, 1.807) is 23.0 Å². The van der Waals surface area contributed by atoms with Crippen LogP contribution in [-0.2, 0) is 0 Å². The smallest absolute Gasteiger partial charge is 0.254 e. The first-order chi connectivity index (χ1) is 14.1. The van der Waals surface area contributed by atoms with Gasteiger partial charge in [0.25, 0.3) is 5.91 Å². The molecule has 0 aliphatic rings. The Balaban J connectivity index is 1.72. The largest absolute Gasteiger partial charge is 0.462 e. The maximum absolute atomic E-state index is 12.2. The minimum Gasteiger partial charge on any atom is -0.462 e. The highest BCUT2D eigenvalue weighted by molar-refractivity contribution is 6.06. The Bertz CT molecular complexity index is 1280. The summed E-state index contributed by atoms with van der Waals surface area (Å²) in [7, 11) is 0. The molecule has 3 heterocycles. The van der Waals surface area contributed by atoms with Gasteiger partial charge in [-0.25, -0.2) is 4.52 Å². The van der Waals surface area contributed by atoms with Gasteiger partial charge in [-0.05, 0) is 43.3 Å². The number of nitrogens with one attached hydrogen (secondary N) is 1. The Hall–Kier alpha value is -4.13. The number of rotatable bonds is 6. The van der Waals surface area contributed by atoms with E-state index < -0.39 is 5.91 Å². The summed E-state index contributed by atoms with van der Waals surface area (Å²) in [4.78, 5) is 19.4. The first kappa shape index (κ1) is 18.2. The number of H-pyrrole nitrogens is 1. The van der Waals surface area contributed by atoms with Gasteiger partial charge < -0.3 is 15.5 Å². The maximum atomic E-state index is 12.2. The minimum absolute atomic E-state index is 0.334. The second-order valence-electron chi connectivity index (χ2n) is 6.39. The Labute approximate surface area is 166 Å². The highest BCUT2D eigenvalue weighted by Crippen LogP contribution is 2.29. The third-order valence-corrected chi connectivity index (χ3v) is 4.40. The number of ether oxygens (including phenoxy) is 1. The van der Waals surface area contributed by atoms with E-state index in [0.29, 0.717) is 22.7 Å². The summed E-state index contributed by atoms with van der Waals surface area (Å²) in [6, 6.07) is 9.17. The van der Waals surface area contributed by atoms with Crippen LogP contribution in [0, 0.1) is 0 Å². The third kappa shape index (κ3) is 3.41. The molecule has 3 aromatic heterocycles. The van der Waals surface area contributed by atoms with Gasteiger partial charge in [-0.15, -0.1) is 0 Å². The summed E-state index contributed by atoms with van der Waals surface area (Å²) in [6.45, 7) is 5.49. The number of aromatic nitrogens is 4. The molecule has 0 aliphatic carbocycles. The number of carbonyl (C=O) groups is 1. The summed E-state index contributed by atoms with van der Waals surface area (Å²) in [5.41, 5.74) is 9.41. The lowest BCUT2D eigenvalue weighted by molar-refractivity contribution is 0.100. The zero-order valence-electron chi connectivity index (χ0n) is 15.8. The molecule has 4 rings (SSSR count). The highest BCUT2D eigenvalue weighted by atomic mass is 16.5. The van der Waals surface area contributed by atoms with Crippen molar-refractivity contribution in [3.05, 3.63) is 84.9 Å². The molecule has 144 valence electrons. The summed E-state index contributed by atoms with van der Waals surface area (Å²) < 4.78 is 7.45. The van der Waals surface area contributed by atoms with Crippen molar-refractivity contribution in [3.8, 4) is 17.0 Å². The number of carbonyl (C=O) groups excluding carboxylic acids is 1. The van der Waals surface area contributed by atoms with Gasteiger partial charge in [0.1, 0.15) is 28.4 Å². The molecule has 3 N–H and O–H groups in total. The lowest BCUT2D eigenvalue weighted by atomic mass is 10.1. The number of imidazole rings is 1. The number of hydrogen-bond donors (Lipinski definition) is 2. The number of aromatic amines is 1. The van der Waals surface area contributed by atoms with Gasteiger partial charge in [-0.1, -0.05) is 24.8 Å². The molecule has 0 aliphatic heterocycles. The van der Waals surface area contributed by atoms with Crippen LogP contribution in [0.4, 0.5) is 0 Å². The summed E-state index contributed by atoms with van der Waals surface area (Å²) in [5, 5.41) is 4.62. The lowest BCUT2D eigenvalue weighted by Crippen LogP contribution is -2.12. The zero-order chi connectivity index (χ0) is 20.4. The van der Waals surface area contributed by atoms with Crippen molar-refractivity contribution in [1.29, 1.82) is 0 Å². The van der Waals surface area contributed by atoms with Gasteiger partial charge in [-0.2, -0.15) is 5.10 Å². The van der Waals surface area contributed by atoms with Gasteiger partial charge in [0.15, 0.2) is 0 Å². The fraction of sp³-hybridized carbons (Fsp3) is 0.0455. The molecule has 0 saturated heterocycles. The number of allylic oxidation sites excluding steroid dienone is 5. The molecule has 0 fully saturated rings. The third-order valence-electron chi connectivity index (χ3n) is 4.40. The zero-order valence-corrected chi connectivity index (χ0v) is 15.8. The SMILES string of the molecule is C=C/C=C\C=C(/C)Oc1ccc(-c2nn3c([nH]c4cnccc43)c2C(N)=O)cc1. The van der Waals surface area contributed by atoms with Crippen LogP contribution >= 0.6 is 0 Å². The van der Waals surface area contributed by atoms with Crippen LogP contribution in [0.3, 0.4) is 0 Å². The number of hydrogen-bond acceptors (Lipinski definition) is 4. The molecule has 0 bridgehead atoms. The molecule has 1 amide bonds. The van der Waals surface area contributed by atoms with Crippen molar-refractivity contribution in [2.45, 2.75) is 6.92 Å². The first-order valence-electron chi connectivity index (χ1n) is 8.97. The monoisotopic (exact) mass is 385 g/mol. The predicted molar refractivity (Wildman–Crippen MR) is 113 cm³/mol. The van der Waals surface area contributed by atoms with Crippen LogP contribution in [0.5, 0.6) is 5.75 Å². The number of nitrogens with two attached hydrogens (primary N) is 1. The highest BCUT2D eigenvalue weighted by Gasteiger charge is 2.22. The molecule has 29 heavy (non-hydrogen) atoms. The maximum Gasteiger partial charge on any atom is 0.254 e. The number of fused-ring (bicyclic) bond motifs is 3. The number of pyridine rings is 1. The lowest BCUT2D eigenvalue weighted by Gasteiger charge is -2.06. The molecule has 0 saturated carbocycles. The average Bonchev–Trinajstić information content (AvgIpc) is 3.24. The van der Waals surface area contributed by atoms with Gasteiger partial charge in [0.2, 0.25) is 0 Å². The van der Waals surface area contributed by atoms with Crippen molar-refractivity contribution < 1.29 is 9.53 Å². The van der Waals surface area contributed by atoms with E-state index in [2.05, 4.69) is 21.6 Å². The first-order valence-corrected chi connectivity index (χ1v) is 8.97. The van der Waals surface area contributed by atoms with Crippen LogP contribution in [0.15, 0.2) is 79.4 Å². The van der Waals surface area contributed by atoms with Gasteiger partial charge in [0.05, 0.1) is 17.2 Å². The Morgan fingerprint density at radius 1 is 1.24 bits per heavy atom. The standard InChI is InChI=1S/C22H19N5O2/c1-3-4-5-6-14(2)29-16-9-7-15(8-10-16)20-19(21(23)28)22-25-17-13-24-12-11-18(17)27(22)26-20/h3-13,25H,1H2,2H3,(H2,23,28)/b5-4-,14-6+. The fourth-order valence-corrected chi connectivity index (χ4v) is 3.11. The van der Waals surface area contributed by atoms with Crippen LogP contribution in [0.1, 0.15) is 17.3 Å². The quantitative estimate of drug-likeness (QED) is 0.387. The summed E-state index contributed by atoms with van der Waals surface area (Å²) >= 11 is 0. The number of amides is 1. The molecule has 7 nitrogen and oxygen atoms in total. The van der Waals surface area contributed by atoms with E-state index in [4.69, 9.17) is 10.5 Å². The van der Waals surface area contributed by atoms with E-state index in [1.807, 2.05) is 55.5 Å². The van der Waals surface area contributed by atoms with Crippen molar-refractivity contribution in [1.82, 2.24) is 19.6 Å². The topological polar surface area (TPSA) is 98.3 Å². The van der Waals surface area contributed by atoms with Crippen LogP contribution in [0.25, 0.3) is 27.9 Å². The number of primary amides is 1. The molecule has 0 spiro atoms. The van der Waals surface area contributed by atoms with E-state index in [0.717, 1.165) is 22.4 Å². The molecule has 4 aromatic rings. The van der Waals surface area contributed by atoms with Crippen molar-refractivity contribution in [2.24, 2.45) is 5.73 Å². The molecule has 1 aromatic carbocycles.